The van der Waals surface area contributed by atoms with Crippen molar-refractivity contribution in [1.82, 2.24) is 5.32 Å². The predicted octanol–water partition coefficient (Wildman–Crippen LogP) is 2.26. The number of carbonyl (C=O) groups is 1. The van der Waals surface area contributed by atoms with Crippen LogP contribution in [0.25, 0.3) is 0 Å². The molecule has 1 heterocycles. The summed E-state index contributed by atoms with van der Waals surface area (Å²) < 4.78 is 0. The first-order valence-electron chi connectivity index (χ1n) is 6.20. The summed E-state index contributed by atoms with van der Waals surface area (Å²) in [4.78, 5) is 12.1. The Kier molecular flexibility index (Phi) is 3.09. The Morgan fingerprint density at radius 2 is 1.76 bits per heavy atom. The van der Waals surface area contributed by atoms with Gasteiger partial charge in [-0.3, -0.25) is 4.79 Å². The Bertz CT molecular complexity index is 478. The number of carbonyl (C=O) groups excluding carboxylic acids is 1. The van der Waals surface area contributed by atoms with E-state index in [1.54, 1.807) is 0 Å². The Balaban J connectivity index is 2.70. The average Bonchev–Trinajstić information content (AvgIpc) is 2.29. The van der Waals surface area contributed by atoms with Crippen molar-refractivity contribution < 1.29 is 4.79 Å². The molecule has 0 radical (unpaired) electrons. The zero-order valence-corrected chi connectivity index (χ0v) is 10.8. The standard InChI is InChI=1S/C14H20N2O/c1-8-9(2)11-6-4-5-7-16-14(17)12(11)13(15)10(8)3/h4-7,15H2,1-3H3,(H,16,17). The average molecular weight is 232 g/mol. The molecule has 0 saturated carbocycles. The van der Waals surface area contributed by atoms with Crippen molar-refractivity contribution in [3.05, 3.63) is 27.8 Å². The summed E-state index contributed by atoms with van der Waals surface area (Å²) in [6.07, 6.45) is 3.10. The lowest BCUT2D eigenvalue weighted by atomic mass is 9.88. The van der Waals surface area contributed by atoms with Crippen LogP contribution in [-0.2, 0) is 6.42 Å². The highest BCUT2D eigenvalue weighted by Crippen LogP contribution is 2.30. The zero-order chi connectivity index (χ0) is 12.6. The normalized spacial score (nSPS) is 15.8. The molecule has 0 atom stereocenters. The summed E-state index contributed by atoms with van der Waals surface area (Å²) in [7, 11) is 0. The maximum atomic E-state index is 12.1. The number of hydrogen-bond acceptors (Lipinski definition) is 2. The third kappa shape index (κ3) is 1.90. The lowest BCUT2D eigenvalue weighted by Gasteiger charge is -2.22. The minimum absolute atomic E-state index is 0.0107. The molecule has 0 aromatic heterocycles. The van der Waals surface area contributed by atoms with Gasteiger partial charge in [-0.25, -0.2) is 0 Å². The van der Waals surface area contributed by atoms with Gasteiger partial charge in [0.2, 0.25) is 0 Å². The van der Waals surface area contributed by atoms with Gasteiger partial charge in [-0.05, 0) is 62.3 Å². The summed E-state index contributed by atoms with van der Waals surface area (Å²) in [6.45, 7) is 6.92. The highest BCUT2D eigenvalue weighted by Gasteiger charge is 2.22. The van der Waals surface area contributed by atoms with Crippen LogP contribution in [0.1, 0.15) is 45.5 Å². The lowest BCUT2D eigenvalue weighted by Crippen LogP contribution is -2.29. The minimum atomic E-state index is -0.0107. The van der Waals surface area contributed by atoms with Crippen LogP contribution in [0.2, 0.25) is 0 Å². The third-order valence-corrected chi connectivity index (χ3v) is 3.92. The van der Waals surface area contributed by atoms with E-state index in [-0.39, 0.29) is 5.91 Å². The van der Waals surface area contributed by atoms with E-state index in [9.17, 15) is 4.79 Å². The van der Waals surface area contributed by atoms with E-state index in [1.165, 1.54) is 11.1 Å². The lowest BCUT2D eigenvalue weighted by molar-refractivity contribution is 0.0950. The smallest absolute Gasteiger partial charge is 0.253 e. The molecule has 0 bridgehead atoms. The summed E-state index contributed by atoms with van der Waals surface area (Å²) >= 11 is 0. The number of anilines is 1. The van der Waals surface area contributed by atoms with Crippen LogP contribution in [0.15, 0.2) is 0 Å². The van der Waals surface area contributed by atoms with E-state index in [1.807, 2.05) is 6.92 Å². The molecule has 0 spiro atoms. The summed E-state index contributed by atoms with van der Waals surface area (Å²) in [5, 5.41) is 2.94. The van der Waals surface area contributed by atoms with Gasteiger partial charge in [0.05, 0.1) is 5.56 Å². The molecule has 3 N–H and O–H groups in total. The second kappa shape index (κ2) is 4.40. The molecule has 1 aromatic carbocycles. The van der Waals surface area contributed by atoms with Gasteiger partial charge in [0, 0.05) is 12.2 Å². The van der Waals surface area contributed by atoms with Crippen molar-refractivity contribution in [2.24, 2.45) is 0 Å². The van der Waals surface area contributed by atoms with Crippen molar-refractivity contribution >= 4 is 11.6 Å². The molecule has 0 saturated heterocycles. The van der Waals surface area contributed by atoms with Crippen LogP contribution < -0.4 is 11.1 Å². The molecule has 17 heavy (non-hydrogen) atoms. The molecule has 2 rings (SSSR count). The molecule has 1 aromatic rings. The molecule has 0 fully saturated rings. The first-order valence-corrected chi connectivity index (χ1v) is 6.20. The fourth-order valence-electron chi connectivity index (χ4n) is 2.54. The number of rotatable bonds is 0. The highest BCUT2D eigenvalue weighted by atomic mass is 16.1. The summed E-state index contributed by atoms with van der Waals surface area (Å²) in [6, 6.07) is 0. The molecular weight excluding hydrogens is 212 g/mol. The SMILES string of the molecule is Cc1c(C)c(N)c2c(c1C)CCCCNC2=O. The zero-order valence-electron chi connectivity index (χ0n) is 10.8. The van der Waals surface area contributed by atoms with Crippen molar-refractivity contribution in [2.45, 2.75) is 40.0 Å². The number of nitrogens with one attached hydrogen (secondary N) is 1. The van der Waals surface area contributed by atoms with Crippen LogP contribution >= 0.6 is 0 Å². The summed E-state index contributed by atoms with van der Waals surface area (Å²) in [5.74, 6) is -0.0107. The number of benzene rings is 1. The number of fused-ring (bicyclic) bond motifs is 1. The van der Waals surface area contributed by atoms with Crippen LogP contribution in [0.4, 0.5) is 5.69 Å². The molecule has 1 amide bonds. The monoisotopic (exact) mass is 232 g/mol. The van der Waals surface area contributed by atoms with E-state index < -0.39 is 0 Å². The fourth-order valence-corrected chi connectivity index (χ4v) is 2.54. The highest BCUT2D eigenvalue weighted by molar-refractivity contribution is 6.02. The van der Waals surface area contributed by atoms with Crippen molar-refractivity contribution in [2.75, 3.05) is 12.3 Å². The Morgan fingerprint density at radius 1 is 1.06 bits per heavy atom. The maximum Gasteiger partial charge on any atom is 0.253 e. The van der Waals surface area contributed by atoms with E-state index in [4.69, 9.17) is 5.73 Å². The van der Waals surface area contributed by atoms with Crippen LogP contribution in [0, 0.1) is 20.8 Å². The van der Waals surface area contributed by atoms with Crippen LogP contribution in [0.5, 0.6) is 0 Å². The maximum absolute atomic E-state index is 12.1. The Labute approximate surface area is 102 Å². The summed E-state index contributed by atoms with van der Waals surface area (Å²) in [5.41, 5.74) is 12.1. The van der Waals surface area contributed by atoms with Crippen molar-refractivity contribution in [3.8, 4) is 0 Å². The predicted molar refractivity (Wildman–Crippen MR) is 70.3 cm³/mol. The third-order valence-electron chi connectivity index (χ3n) is 3.92. The molecular formula is C14H20N2O. The number of nitrogen functional groups attached to an aromatic ring is 1. The second-order valence-electron chi connectivity index (χ2n) is 4.86. The van der Waals surface area contributed by atoms with E-state index in [2.05, 4.69) is 19.2 Å². The van der Waals surface area contributed by atoms with Gasteiger partial charge in [0.25, 0.3) is 5.91 Å². The molecule has 0 aliphatic carbocycles. The second-order valence-corrected chi connectivity index (χ2v) is 4.86. The van der Waals surface area contributed by atoms with E-state index in [0.29, 0.717) is 11.3 Å². The minimum Gasteiger partial charge on any atom is -0.398 e. The van der Waals surface area contributed by atoms with Gasteiger partial charge >= 0.3 is 0 Å². The molecule has 0 unspecified atom stereocenters. The molecule has 92 valence electrons. The molecule has 1 aliphatic rings. The van der Waals surface area contributed by atoms with Gasteiger partial charge in [-0.1, -0.05) is 0 Å². The number of hydrogen-bond donors (Lipinski definition) is 2. The molecule has 3 heteroatoms. The van der Waals surface area contributed by atoms with Crippen LogP contribution in [0.3, 0.4) is 0 Å². The van der Waals surface area contributed by atoms with Gasteiger partial charge in [0.15, 0.2) is 0 Å². The number of amides is 1. The van der Waals surface area contributed by atoms with Crippen molar-refractivity contribution in [3.63, 3.8) is 0 Å². The quantitative estimate of drug-likeness (QED) is 0.674. The van der Waals surface area contributed by atoms with E-state index in [0.717, 1.165) is 36.9 Å². The van der Waals surface area contributed by atoms with E-state index >= 15 is 0 Å². The number of nitrogens with two attached hydrogens (primary N) is 1. The first kappa shape index (κ1) is 12.0. The topological polar surface area (TPSA) is 55.1 Å². The molecule has 1 aliphatic heterocycles. The Hall–Kier alpha value is -1.51. The Morgan fingerprint density at radius 3 is 2.47 bits per heavy atom. The van der Waals surface area contributed by atoms with Crippen LogP contribution in [-0.4, -0.2) is 12.5 Å². The van der Waals surface area contributed by atoms with Gasteiger partial charge in [-0.2, -0.15) is 0 Å². The van der Waals surface area contributed by atoms with Crippen molar-refractivity contribution in [1.29, 1.82) is 0 Å². The fraction of sp³-hybridized carbons (Fsp3) is 0.500. The first-order chi connectivity index (χ1) is 8.04. The van der Waals surface area contributed by atoms with Gasteiger partial charge < -0.3 is 11.1 Å². The largest absolute Gasteiger partial charge is 0.398 e. The van der Waals surface area contributed by atoms with Gasteiger partial charge in [0.1, 0.15) is 0 Å². The van der Waals surface area contributed by atoms with Gasteiger partial charge in [-0.15, -0.1) is 0 Å². The molecule has 3 nitrogen and oxygen atoms in total.